The Morgan fingerprint density at radius 1 is 1.24 bits per heavy atom. The Hall–Kier alpha value is -4.53. The zero-order valence-electron chi connectivity index (χ0n) is 18.3. The number of anilines is 1. The molecule has 0 bridgehead atoms. The van der Waals surface area contributed by atoms with Crippen molar-refractivity contribution in [2.75, 3.05) is 19.0 Å². The summed E-state index contributed by atoms with van der Waals surface area (Å²) in [5.41, 5.74) is 3.28. The molecule has 0 fully saturated rings. The lowest BCUT2D eigenvalue weighted by Gasteiger charge is -2.15. The van der Waals surface area contributed by atoms with Gasteiger partial charge in [-0.15, -0.1) is 5.10 Å². The SMILES string of the molecule is COC(=O)NCCc1cn(-c2cnc(-n3ncc4cc(C#N)cnc43)cc2NC(C)C)nn1. The number of carbonyl (C=O) groups excluding carboxylic acids is 1. The summed E-state index contributed by atoms with van der Waals surface area (Å²) in [6.45, 7) is 4.44. The molecule has 0 unspecified atom stereocenters. The first-order valence-electron chi connectivity index (χ1n) is 10.2. The van der Waals surface area contributed by atoms with Gasteiger partial charge in [-0.25, -0.2) is 19.4 Å². The van der Waals surface area contributed by atoms with E-state index in [4.69, 9.17) is 5.26 Å². The minimum Gasteiger partial charge on any atom is -0.453 e. The number of fused-ring (bicyclic) bond motifs is 1. The van der Waals surface area contributed by atoms with Crippen LogP contribution in [0.4, 0.5) is 10.5 Å². The number of pyridine rings is 2. The third kappa shape index (κ3) is 4.72. The van der Waals surface area contributed by atoms with Gasteiger partial charge >= 0.3 is 6.09 Å². The van der Waals surface area contributed by atoms with Gasteiger partial charge in [0.1, 0.15) is 11.8 Å². The van der Waals surface area contributed by atoms with Crippen molar-refractivity contribution in [1.82, 2.24) is 40.1 Å². The number of methoxy groups -OCH3 is 1. The maximum Gasteiger partial charge on any atom is 0.406 e. The number of hydrogen-bond acceptors (Lipinski definition) is 9. The topological polar surface area (TPSA) is 148 Å². The summed E-state index contributed by atoms with van der Waals surface area (Å²) < 4.78 is 7.82. The van der Waals surface area contributed by atoms with Gasteiger partial charge in [0.25, 0.3) is 0 Å². The maximum absolute atomic E-state index is 11.2. The van der Waals surface area contributed by atoms with Crippen LogP contribution in [0.1, 0.15) is 25.1 Å². The summed E-state index contributed by atoms with van der Waals surface area (Å²) in [5, 5.41) is 28.6. The summed E-state index contributed by atoms with van der Waals surface area (Å²) >= 11 is 0. The summed E-state index contributed by atoms with van der Waals surface area (Å²) in [7, 11) is 1.32. The van der Waals surface area contributed by atoms with Gasteiger partial charge < -0.3 is 15.4 Å². The van der Waals surface area contributed by atoms with Gasteiger partial charge in [0.05, 0.1) is 42.6 Å². The second-order valence-corrected chi connectivity index (χ2v) is 7.49. The standard InChI is InChI=1S/C21H22N10O2/c1-13(2)27-17-7-19(31-20-15(10-26-31)6-14(8-22)9-25-20)24-11-18(17)30-12-16(28-29-30)4-5-23-21(32)33-3/h6-7,9-13H,4-5H2,1-3H3,(H,23,32)(H,24,27). The van der Waals surface area contributed by atoms with Gasteiger partial charge in [-0.3, -0.25) is 0 Å². The van der Waals surface area contributed by atoms with Crippen LogP contribution in [0.3, 0.4) is 0 Å². The first kappa shape index (κ1) is 21.7. The van der Waals surface area contributed by atoms with Crippen LogP contribution in [-0.2, 0) is 11.2 Å². The number of ether oxygens (including phenoxy) is 1. The predicted octanol–water partition coefficient (Wildman–Crippen LogP) is 1.99. The second-order valence-electron chi connectivity index (χ2n) is 7.49. The zero-order valence-corrected chi connectivity index (χ0v) is 18.3. The van der Waals surface area contributed by atoms with Crippen LogP contribution < -0.4 is 10.6 Å². The summed E-state index contributed by atoms with van der Waals surface area (Å²) in [4.78, 5) is 20.1. The minimum absolute atomic E-state index is 0.150. The Bertz CT molecular complexity index is 1330. The molecular weight excluding hydrogens is 424 g/mol. The molecule has 4 rings (SSSR count). The number of rotatable bonds is 7. The molecule has 0 saturated heterocycles. The molecule has 0 aromatic carbocycles. The molecule has 4 aromatic heterocycles. The molecule has 1 amide bonds. The van der Waals surface area contributed by atoms with Crippen molar-refractivity contribution in [3.8, 4) is 17.6 Å². The summed E-state index contributed by atoms with van der Waals surface area (Å²) in [5.74, 6) is 0.566. The van der Waals surface area contributed by atoms with Gasteiger partial charge in [-0.05, 0) is 19.9 Å². The Balaban J connectivity index is 1.64. The van der Waals surface area contributed by atoms with Crippen LogP contribution in [0.2, 0.25) is 0 Å². The third-order valence-corrected chi connectivity index (χ3v) is 4.69. The number of nitrogens with zero attached hydrogens (tertiary/aromatic N) is 8. The lowest BCUT2D eigenvalue weighted by Crippen LogP contribution is -2.25. The Labute approximate surface area is 189 Å². The van der Waals surface area contributed by atoms with Crippen molar-refractivity contribution in [3.63, 3.8) is 0 Å². The summed E-state index contributed by atoms with van der Waals surface area (Å²) in [6, 6.07) is 5.83. The quantitative estimate of drug-likeness (QED) is 0.434. The Morgan fingerprint density at radius 2 is 2.09 bits per heavy atom. The Kier molecular flexibility index (Phi) is 6.12. The van der Waals surface area contributed by atoms with E-state index in [0.29, 0.717) is 41.4 Å². The van der Waals surface area contributed by atoms with E-state index in [-0.39, 0.29) is 6.04 Å². The molecule has 168 valence electrons. The highest BCUT2D eigenvalue weighted by Gasteiger charge is 2.15. The van der Waals surface area contributed by atoms with E-state index < -0.39 is 6.09 Å². The number of amides is 1. The van der Waals surface area contributed by atoms with Crippen molar-refractivity contribution in [2.24, 2.45) is 0 Å². The molecule has 12 heteroatoms. The molecule has 0 radical (unpaired) electrons. The van der Waals surface area contributed by atoms with Crippen LogP contribution in [0.5, 0.6) is 0 Å². The number of aromatic nitrogens is 7. The molecule has 0 aliphatic rings. The van der Waals surface area contributed by atoms with Crippen LogP contribution in [0.15, 0.2) is 36.9 Å². The molecular formula is C21H22N10O2. The zero-order chi connectivity index (χ0) is 23.4. The van der Waals surface area contributed by atoms with Gasteiger partial charge in [0.2, 0.25) is 0 Å². The van der Waals surface area contributed by atoms with Crippen LogP contribution in [-0.4, -0.2) is 60.5 Å². The number of nitrogens with one attached hydrogen (secondary N) is 2. The highest BCUT2D eigenvalue weighted by atomic mass is 16.5. The molecule has 0 spiro atoms. The van der Waals surface area contributed by atoms with Crippen LogP contribution in [0, 0.1) is 11.3 Å². The third-order valence-electron chi connectivity index (χ3n) is 4.69. The maximum atomic E-state index is 11.2. The van der Waals surface area contributed by atoms with E-state index in [1.165, 1.54) is 13.3 Å². The van der Waals surface area contributed by atoms with E-state index >= 15 is 0 Å². The van der Waals surface area contributed by atoms with E-state index in [0.717, 1.165) is 11.1 Å². The van der Waals surface area contributed by atoms with Gasteiger partial charge in [-0.1, -0.05) is 5.21 Å². The lowest BCUT2D eigenvalue weighted by atomic mass is 10.2. The number of hydrogen-bond donors (Lipinski definition) is 2. The normalized spacial score (nSPS) is 10.9. The molecule has 0 aliphatic carbocycles. The molecule has 0 saturated carbocycles. The first-order valence-corrected chi connectivity index (χ1v) is 10.2. The fourth-order valence-electron chi connectivity index (χ4n) is 3.21. The highest BCUT2D eigenvalue weighted by molar-refractivity contribution is 5.77. The molecule has 33 heavy (non-hydrogen) atoms. The molecule has 2 N–H and O–H groups in total. The largest absolute Gasteiger partial charge is 0.453 e. The molecule has 0 atom stereocenters. The van der Waals surface area contributed by atoms with Gasteiger partial charge in [-0.2, -0.15) is 15.0 Å². The van der Waals surface area contributed by atoms with E-state index in [9.17, 15) is 4.79 Å². The fraction of sp³-hybridized carbons (Fsp3) is 0.286. The fourth-order valence-corrected chi connectivity index (χ4v) is 3.21. The van der Waals surface area contributed by atoms with Crippen LogP contribution in [0.25, 0.3) is 22.5 Å². The Morgan fingerprint density at radius 3 is 2.85 bits per heavy atom. The van der Waals surface area contributed by atoms with E-state index in [1.54, 1.807) is 34.0 Å². The minimum atomic E-state index is -0.491. The average Bonchev–Trinajstić information content (AvgIpc) is 3.45. The predicted molar refractivity (Wildman–Crippen MR) is 119 cm³/mol. The van der Waals surface area contributed by atoms with Crippen molar-refractivity contribution in [2.45, 2.75) is 26.3 Å². The second kappa shape index (κ2) is 9.31. The van der Waals surface area contributed by atoms with Crippen LogP contribution >= 0.6 is 0 Å². The molecule has 4 heterocycles. The number of carbonyl (C=O) groups is 1. The summed E-state index contributed by atoms with van der Waals surface area (Å²) in [6.07, 6.45) is 6.64. The number of nitriles is 1. The van der Waals surface area contributed by atoms with E-state index in [2.05, 4.69) is 46.8 Å². The van der Waals surface area contributed by atoms with E-state index in [1.807, 2.05) is 19.9 Å². The average molecular weight is 446 g/mol. The molecule has 0 aliphatic heterocycles. The molecule has 4 aromatic rings. The lowest BCUT2D eigenvalue weighted by molar-refractivity contribution is 0.171. The number of alkyl carbamates (subject to hydrolysis) is 1. The van der Waals surface area contributed by atoms with Gasteiger partial charge in [0.15, 0.2) is 11.5 Å². The molecule has 12 nitrogen and oxygen atoms in total. The van der Waals surface area contributed by atoms with Crippen molar-refractivity contribution in [3.05, 3.63) is 48.2 Å². The van der Waals surface area contributed by atoms with Gasteiger partial charge in [0, 0.05) is 36.7 Å². The highest BCUT2D eigenvalue weighted by Crippen LogP contribution is 2.24. The van der Waals surface area contributed by atoms with Crippen molar-refractivity contribution in [1.29, 1.82) is 5.26 Å². The van der Waals surface area contributed by atoms with Crippen molar-refractivity contribution >= 4 is 22.8 Å². The monoisotopic (exact) mass is 446 g/mol. The first-order chi connectivity index (χ1) is 16.0. The van der Waals surface area contributed by atoms with Crippen molar-refractivity contribution < 1.29 is 9.53 Å². The smallest absolute Gasteiger partial charge is 0.406 e.